The average molecular weight is 280 g/mol. The van der Waals surface area contributed by atoms with Crippen molar-refractivity contribution in [1.29, 1.82) is 0 Å². The van der Waals surface area contributed by atoms with Gasteiger partial charge in [-0.15, -0.1) is 0 Å². The normalized spacial score (nSPS) is 21.6. The predicted molar refractivity (Wildman–Crippen MR) is 91.4 cm³/mol. The van der Waals surface area contributed by atoms with E-state index in [1.807, 2.05) is 0 Å². The number of benzene rings is 2. The maximum atomic E-state index is 2.53. The molecule has 1 fully saturated rings. The van der Waals surface area contributed by atoms with Gasteiger partial charge in [0.05, 0.1) is 0 Å². The third-order valence-corrected chi connectivity index (χ3v) is 4.68. The second-order valence-corrected chi connectivity index (χ2v) is 6.15. The van der Waals surface area contributed by atoms with Crippen LogP contribution in [0.3, 0.4) is 0 Å². The number of anilines is 2. The highest BCUT2D eigenvalue weighted by molar-refractivity contribution is 5.51. The van der Waals surface area contributed by atoms with Crippen LogP contribution in [-0.2, 0) is 0 Å². The molecular weight excluding hydrogens is 256 g/mol. The molecule has 3 rings (SSSR count). The first-order valence-electron chi connectivity index (χ1n) is 7.76. The highest BCUT2D eigenvalue weighted by atomic mass is 15.2. The lowest BCUT2D eigenvalue weighted by atomic mass is 9.92. The first kappa shape index (κ1) is 14.0. The fourth-order valence-electron chi connectivity index (χ4n) is 3.39. The number of nitrogens with zero attached hydrogens (tertiary/aromatic N) is 2. The molecule has 21 heavy (non-hydrogen) atoms. The van der Waals surface area contributed by atoms with Crippen molar-refractivity contribution in [2.45, 2.75) is 25.3 Å². The molecule has 0 spiro atoms. The van der Waals surface area contributed by atoms with Gasteiger partial charge in [0.25, 0.3) is 0 Å². The fraction of sp³-hybridized carbons (Fsp3) is 0.368. The van der Waals surface area contributed by atoms with Gasteiger partial charge in [-0.05, 0) is 43.2 Å². The van der Waals surface area contributed by atoms with Crippen LogP contribution in [0.15, 0.2) is 54.6 Å². The van der Waals surface area contributed by atoms with Crippen LogP contribution in [-0.4, -0.2) is 26.7 Å². The van der Waals surface area contributed by atoms with Gasteiger partial charge in [-0.3, -0.25) is 0 Å². The molecule has 1 saturated heterocycles. The second kappa shape index (κ2) is 5.80. The van der Waals surface area contributed by atoms with Crippen LogP contribution in [0.5, 0.6) is 0 Å². The van der Waals surface area contributed by atoms with Crippen LogP contribution < -0.4 is 9.80 Å². The van der Waals surface area contributed by atoms with Crippen LogP contribution in [0, 0.1) is 0 Å². The molecule has 2 aromatic carbocycles. The molecule has 2 atom stereocenters. The number of hydrogen-bond acceptors (Lipinski definition) is 2. The van der Waals surface area contributed by atoms with Gasteiger partial charge in [0.2, 0.25) is 0 Å². The first-order chi connectivity index (χ1) is 10.2. The van der Waals surface area contributed by atoms with Crippen molar-refractivity contribution in [3.63, 3.8) is 0 Å². The van der Waals surface area contributed by atoms with E-state index in [-0.39, 0.29) is 0 Å². The van der Waals surface area contributed by atoms with E-state index in [2.05, 4.69) is 85.4 Å². The van der Waals surface area contributed by atoms with E-state index in [0.29, 0.717) is 12.0 Å². The van der Waals surface area contributed by atoms with Crippen LogP contribution in [0.4, 0.5) is 11.4 Å². The Kier molecular flexibility index (Phi) is 3.87. The molecule has 110 valence electrons. The summed E-state index contributed by atoms with van der Waals surface area (Å²) in [5.41, 5.74) is 4.08. The summed E-state index contributed by atoms with van der Waals surface area (Å²) in [6, 6.07) is 20.4. The summed E-state index contributed by atoms with van der Waals surface area (Å²) < 4.78 is 0. The van der Waals surface area contributed by atoms with E-state index in [9.17, 15) is 0 Å². The highest BCUT2D eigenvalue weighted by Gasteiger charge is 2.31. The lowest BCUT2D eigenvalue weighted by molar-refractivity contribution is 0.635. The molecule has 2 nitrogen and oxygen atoms in total. The molecule has 0 aromatic heterocycles. The number of hydrogen-bond donors (Lipinski definition) is 0. The Labute approximate surface area is 128 Å². The van der Waals surface area contributed by atoms with E-state index in [4.69, 9.17) is 0 Å². The van der Waals surface area contributed by atoms with Crippen molar-refractivity contribution in [3.05, 3.63) is 60.2 Å². The number of rotatable bonds is 3. The van der Waals surface area contributed by atoms with Gasteiger partial charge >= 0.3 is 0 Å². The van der Waals surface area contributed by atoms with Crippen molar-refractivity contribution in [2.75, 3.05) is 30.4 Å². The maximum Gasteiger partial charge on any atom is 0.0368 e. The Hall–Kier alpha value is -1.96. The molecule has 1 heterocycles. The third kappa shape index (κ3) is 2.76. The fourth-order valence-corrected chi connectivity index (χ4v) is 3.39. The summed E-state index contributed by atoms with van der Waals surface area (Å²) in [5, 5.41) is 0. The Bertz CT molecular complexity index is 574. The topological polar surface area (TPSA) is 6.48 Å². The molecule has 2 aromatic rings. The number of para-hydroxylation sites is 1. The molecule has 0 unspecified atom stereocenters. The lowest BCUT2D eigenvalue weighted by Crippen LogP contribution is -2.29. The van der Waals surface area contributed by atoms with Crippen LogP contribution in [0.25, 0.3) is 0 Å². The minimum absolute atomic E-state index is 0.553. The van der Waals surface area contributed by atoms with Crippen LogP contribution >= 0.6 is 0 Å². The molecule has 2 heteroatoms. The quantitative estimate of drug-likeness (QED) is 0.834. The Balaban J connectivity index is 1.78. The molecule has 0 amide bonds. The highest BCUT2D eigenvalue weighted by Crippen LogP contribution is 2.36. The molecule has 0 aliphatic carbocycles. The average Bonchev–Trinajstić information content (AvgIpc) is 2.90. The van der Waals surface area contributed by atoms with E-state index in [1.54, 1.807) is 0 Å². The van der Waals surface area contributed by atoms with E-state index >= 15 is 0 Å². The van der Waals surface area contributed by atoms with Gasteiger partial charge in [0.15, 0.2) is 0 Å². The van der Waals surface area contributed by atoms with Gasteiger partial charge in [-0.2, -0.15) is 0 Å². The van der Waals surface area contributed by atoms with Gasteiger partial charge in [0.1, 0.15) is 0 Å². The SMILES string of the molecule is C[C@@H]1[C@@H](c2ccc(N(C)C)cc2)CCN1c1ccccc1. The smallest absolute Gasteiger partial charge is 0.0368 e. The first-order valence-corrected chi connectivity index (χ1v) is 7.76. The van der Waals surface area contributed by atoms with Crippen LogP contribution in [0.2, 0.25) is 0 Å². The van der Waals surface area contributed by atoms with Crippen molar-refractivity contribution in [2.24, 2.45) is 0 Å². The summed E-state index contributed by atoms with van der Waals surface area (Å²) in [7, 11) is 4.18. The van der Waals surface area contributed by atoms with Gasteiger partial charge in [-0.1, -0.05) is 30.3 Å². The summed E-state index contributed by atoms with van der Waals surface area (Å²) in [4.78, 5) is 4.68. The Morgan fingerprint density at radius 3 is 2.24 bits per heavy atom. The van der Waals surface area contributed by atoms with Crippen molar-refractivity contribution >= 4 is 11.4 Å². The van der Waals surface area contributed by atoms with Gasteiger partial charge in [0, 0.05) is 44.0 Å². The molecule has 1 aliphatic rings. The molecule has 1 aliphatic heterocycles. The van der Waals surface area contributed by atoms with E-state index in [0.717, 1.165) is 6.54 Å². The second-order valence-electron chi connectivity index (χ2n) is 6.15. The lowest BCUT2D eigenvalue weighted by Gasteiger charge is -2.27. The molecular formula is C19H24N2. The zero-order valence-corrected chi connectivity index (χ0v) is 13.2. The zero-order valence-electron chi connectivity index (χ0n) is 13.2. The van der Waals surface area contributed by atoms with Crippen LogP contribution in [0.1, 0.15) is 24.8 Å². The van der Waals surface area contributed by atoms with Gasteiger partial charge < -0.3 is 9.80 Å². The molecule has 0 saturated carbocycles. The molecule has 0 bridgehead atoms. The molecule has 0 radical (unpaired) electrons. The predicted octanol–water partition coefficient (Wildman–Crippen LogP) is 4.14. The summed E-state index contributed by atoms with van der Waals surface area (Å²) in [6.07, 6.45) is 1.23. The van der Waals surface area contributed by atoms with Crippen molar-refractivity contribution < 1.29 is 0 Å². The third-order valence-electron chi connectivity index (χ3n) is 4.68. The largest absolute Gasteiger partial charge is 0.378 e. The minimum atomic E-state index is 0.553. The van der Waals surface area contributed by atoms with Crippen molar-refractivity contribution in [3.8, 4) is 0 Å². The minimum Gasteiger partial charge on any atom is -0.378 e. The monoisotopic (exact) mass is 280 g/mol. The maximum absolute atomic E-state index is 2.53. The summed E-state index contributed by atoms with van der Waals surface area (Å²) >= 11 is 0. The van der Waals surface area contributed by atoms with Gasteiger partial charge in [-0.25, -0.2) is 0 Å². The Morgan fingerprint density at radius 2 is 1.62 bits per heavy atom. The van der Waals surface area contributed by atoms with Crippen molar-refractivity contribution in [1.82, 2.24) is 0 Å². The van der Waals surface area contributed by atoms with E-state index in [1.165, 1.54) is 23.4 Å². The standard InChI is InChI=1S/C19H24N2/c1-15-19(16-9-11-17(12-10-16)20(2)3)13-14-21(15)18-7-5-4-6-8-18/h4-12,15,19H,13-14H2,1-3H3/t15-,19+/m1/s1. The zero-order chi connectivity index (χ0) is 14.8. The summed E-state index contributed by atoms with van der Waals surface area (Å²) in [6.45, 7) is 3.50. The summed E-state index contributed by atoms with van der Waals surface area (Å²) in [5.74, 6) is 0.626. The Morgan fingerprint density at radius 1 is 0.952 bits per heavy atom. The van der Waals surface area contributed by atoms with E-state index < -0.39 is 0 Å². The molecule has 0 N–H and O–H groups in total.